The van der Waals surface area contributed by atoms with Crippen LogP contribution in [0.25, 0.3) is 0 Å². The van der Waals surface area contributed by atoms with Crippen LogP contribution in [0.3, 0.4) is 0 Å². The molecule has 0 heterocycles. The first-order chi connectivity index (χ1) is 10.6. The monoisotopic (exact) mass is 333 g/mol. The van der Waals surface area contributed by atoms with Gasteiger partial charge in [0.25, 0.3) is 0 Å². The molecule has 0 saturated heterocycles. The molecule has 22 heavy (non-hydrogen) atoms. The fourth-order valence-electron chi connectivity index (χ4n) is 2.06. The predicted molar refractivity (Wildman–Crippen MR) is 94.4 cm³/mol. The molecule has 0 aliphatic carbocycles. The zero-order valence-electron chi connectivity index (χ0n) is 12.6. The van der Waals surface area contributed by atoms with E-state index in [1.165, 1.54) is 10.5 Å². The number of hydrogen-bond donors (Lipinski definition) is 1. The van der Waals surface area contributed by atoms with Gasteiger partial charge in [0.05, 0.1) is 0 Å². The van der Waals surface area contributed by atoms with Crippen molar-refractivity contribution in [2.45, 2.75) is 31.2 Å². The molecule has 2 aromatic carbocycles. The standard InChI is InChI=1S/C18H20ClNOS/c1-14-4-2-5-15(12-14)13-20-18(21)6-3-11-22-17-9-7-16(19)8-10-17/h2,4-5,7-10,12H,3,6,11,13H2,1H3,(H,20,21). The van der Waals surface area contributed by atoms with Gasteiger partial charge in [-0.2, -0.15) is 0 Å². The molecule has 0 radical (unpaired) electrons. The Morgan fingerprint density at radius 2 is 1.95 bits per heavy atom. The molecule has 2 nitrogen and oxygen atoms in total. The summed E-state index contributed by atoms with van der Waals surface area (Å²) < 4.78 is 0. The molecule has 0 aliphatic heterocycles. The molecule has 0 saturated carbocycles. The number of nitrogens with one attached hydrogen (secondary N) is 1. The van der Waals surface area contributed by atoms with Gasteiger partial charge in [0.1, 0.15) is 0 Å². The molecule has 0 aromatic heterocycles. The third-order valence-electron chi connectivity index (χ3n) is 3.20. The zero-order valence-corrected chi connectivity index (χ0v) is 14.2. The largest absolute Gasteiger partial charge is 0.352 e. The molecule has 2 rings (SSSR count). The number of amides is 1. The van der Waals surface area contributed by atoms with Crippen molar-refractivity contribution in [3.8, 4) is 0 Å². The summed E-state index contributed by atoms with van der Waals surface area (Å²) in [6.07, 6.45) is 1.43. The van der Waals surface area contributed by atoms with Crippen molar-refractivity contribution in [1.29, 1.82) is 0 Å². The van der Waals surface area contributed by atoms with Crippen LogP contribution in [-0.2, 0) is 11.3 Å². The maximum absolute atomic E-state index is 11.8. The lowest BCUT2D eigenvalue weighted by atomic mass is 10.1. The highest BCUT2D eigenvalue weighted by atomic mass is 35.5. The van der Waals surface area contributed by atoms with Crippen LogP contribution in [0.2, 0.25) is 5.02 Å². The summed E-state index contributed by atoms with van der Waals surface area (Å²) >= 11 is 7.60. The van der Waals surface area contributed by atoms with Crippen LogP contribution in [0, 0.1) is 6.92 Å². The number of thioether (sulfide) groups is 1. The second-order valence-electron chi connectivity index (χ2n) is 5.17. The molecule has 0 atom stereocenters. The number of aryl methyl sites for hydroxylation is 1. The Balaban J connectivity index is 1.62. The topological polar surface area (TPSA) is 29.1 Å². The Hall–Kier alpha value is -1.45. The lowest BCUT2D eigenvalue weighted by molar-refractivity contribution is -0.121. The van der Waals surface area contributed by atoms with E-state index in [0.717, 1.165) is 22.8 Å². The molecule has 1 amide bonds. The fraction of sp³-hybridized carbons (Fsp3) is 0.278. The Morgan fingerprint density at radius 3 is 2.68 bits per heavy atom. The van der Waals surface area contributed by atoms with Crippen molar-refractivity contribution in [3.63, 3.8) is 0 Å². The molecule has 0 spiro atoms. The van der Waals surface area contributed by atoms with Crippen molar-refractivity contribution < 1.29 is 4.79 Å². The van der Waals surface area contributed by atoms with Crippen molar-refractivity contribution >= 4 is 29.3 Å². The second kappa shape index (κ2) is 8.86. The van der Waals surface area contributed by atoms with E-state index in [1.54, 1.807) is 11.8 Å². The van der Waals surface area contributed by atoms with Gasteiger partial charge in [-0.25, -0.2) is 0 Å². The van der Waals surface area contributed by atoms with Crippen molar-refractivity contribution in [1.82, 2.24) is 5.32 Å². The highest BCUT2D eigenvalue weighted by Crippen LogP contribution is 2.21. The van der Waals surface area contributed by atoms with E-state index in [-0.39, 0.29) is 5.91 Å². The SMILES string of the molecule is Cc1cccc(CNC(=O)CCCSc2ccc(Cl)cc2)c1. The van der Waals surface area contributed by atoms with Gasteiger partial charge in [-0.15, -0.1) is 11.8 Å². The highest BCUT2D eigenvalue weighted by molar-refractivity contribution is 7.99. The van der Waals surface area contributed by atoms with Gasteiger partial charge in [0, 0.05) is 22.9 Å². The highest BCUT2D eigenvalue weighted by Gasteiger charge is 2.02. The smallest absolute Gasteiger partial charge is 0.220 e. The third-order valence-corrected chi connectivity index (χ3v) is 4.55. The van der Waals surface area contributed by atoms with Gasteiger partial charge in [0.2, 0.25) is 5.91 Å². The maximum Gasteiger partial charge on any atom is 0.220 e. The summed E-state index contributed by atoms with van der Waals surface area (Å²) in [6, 6.07) is 16.0. The van der Waals surface area contributed by atoms with Crippen LogP contribution < -0.4 is 5.32 Å². The van der Waals surface area contributed by atoms with Crippen LogP contribution in [0.5, 0.6) is 0 Å². The van der Waals surface area contributed by atoms with Crippen LogP contribution in [0.15, 0.2) is 53.4 Å². The van der Waals surface area contributed by atoms with Gasteiger partial charge in [-0.1, -0.05) is 41.4 Å². The minimum Gasteiger partial charge on any atom is -0.352 e. The minimum absolute atomic E-state index is 0.109. The van der Waals surface area contributed by atoms with E-state index >= 15 is 0 Å². The van der Waals surface area contributed by atoms with Crippen molar-refractivity contribution in [2.24, 2.45) is 0 Å². The first kappa shape index (κ1) is 16.9. The minimum atomic E-state index is 0.109. The quantitative estimate of drug-likeness (QED) is 0.580. The van der Waals surface area contributed by atoms with Crippen LogP contribution in [0.4, 0.5) is 0 Å². The van der Waals surface area contributed by atoms with Gasteiger partial charge in [-0.3, -0.25) is 4.79 Å². The molecular formula is C18H20ClNOS. The fourth-order valence-corrected chi connectivity index (χ4v) is 3.04. The number of benzene rings is 2. The van der Waals surface area contributed by atoms with Crippen LogP contribution >= 0.6 is 23.4 Å². The van der Waals surface area contributed by atoms with E-state index in [0.29, 0.717) is 13.0 Å². The number of carbonyl (C=O) groups excluding carboxylic acids is 1. The van der Waals surface area contributed by atoms with Gasteiger partial charge in [-0.05, 0) is 48.9 Å². The van der Waals surface area contributed by atoms with Crippen LogP contribution in [0.1, 0.15) is 24.0 Å². The second-order valence-corrected chi connectivity index (χ2v) is 6.78. The summed E-state index contributed by atoms with van der Waals surface area (Å²) in [4.78, 5) is 13.0. The number of rotatable bonds is 7. The molecule has 0 bridgehead atoms. The lowest BCUT2D eigenvalue weighted by Crippen LogP contribution is -2.22. The molecular weight excluding hydrogens is 314 g/mol. The Bertz CT molecular complexity index is 613. The number of hydrogen-bond acceptors (Lipinski definition) is 2. The summed E-state index contributed by atoms with van der Waals surface area (Å²) in [6.45, 7) is 2.66. The molecule has 0 aliphatic rings. The molecule has 1 N–H and O–H groups in total. The van der Waals surface area contributed by atoms with Gasteiger partial charge in [0.15, 0.2) is 0 Å². The third kappa shape index (κ3) is 6.12. The maximum atomic E-state index is 11.8. The van der Waals surface area contributed by atoms with E-state index in [9.17, 15) is 4.79 Å². The summed E-state index contributed by atoms with van der Waals surface area (Å²) in [5, 5.41) is 3.72. The van der Waals surface area contributed by atoms with Crippen LogP contribution in [-0.4, -0.2) is 11.7 Å². The van der Waals surface area contributed by atoms with E-state index in [2.05, 4.69) is 24.4 Å². The summed E-state index contributed by atoms with van der Waals surface area (Å²) in [5.41, 5.74) is 2.36. The molecule has 0 fully saturated rings. The Morgan fingerprint density at radius 1 is 1.18 bits per heavy atom. The van der Waals surface area contributed by atoms with E-state index in [4.69, 9.17) is 11.6 Å². The summed E-state index contributed by atoms with van der Waals surface area (Å²) in [7, 11) is 0. The van der Waals surface area contributed by atoms with Crippen molar-refractivity contribution in [3.05, 3.63) is 64.7 Å². The summed E-state index contributed by atoms with van der Waals surface area (Å²) in [5.74, 6) is 1.04. The van der Waals surface area contributed by atoms with E-state index < -0.39 is 0 Å². The Labute approximate surface area is 141 Å². The van der Waals surface area contributed by atoms with E-state index in [1.807, 2.05) is 36.4 Å². The van der Waals surface area contributed by atoms with Gasteiger partial charge >= 0.3 is 0 Å². The van der Waals surface area contributed by atoms with Crippen molar-refractivity contribution in [2.75, 3.05) is 5.75 Å². The normalized spacial score (nSPS) is 10.5. The lowest BCUT2D eigenvalue weighted by Gasteiger charge is -2.06. The first-order valence-electron chi connectivity index (χ1n) is 7.34. The number of carbonyl (C=O) groups is 1. The predicted octanol–water partition coefficient (Wildman–Crippen LogP) is 4.84. The van der Waals surface area contributed by atoms with Gasteiger partial charge < -0.3 is 5.32 Å². The number of halogens is 1. The molecule has 0 unspecified atom stereocenters. The molecule has 116 valence electrons. The molecule has 2 aromatic rings. The first-order valence-corrected chi connectivity index (χ1v) is 8.70. The molecule has 4 heteroatoms. The average Bonchev–Trinajstić information content (AvgIpc) is 2.51. The Kier molecular flexibility index (Phi) is 6.81. The average molecular weight is 334 g/mol. The zero-order chi connectivity index (χ0) is 15.8.